The third-order valence-electron chi connectivity index (χ3n) is 5.30. The molecule has 0 N–H and O–H groups in total. The molecule has 1 aliphatic carbocycles. The maximum Gasteiger partial charge on any atom is 0.253 e. The van der Waals surface area contributed by atoms with E-state index in [1.807, 2.05) is 0 Å². The summed E-state index contributed by atoms with van der Waals surface area (Å²) in [7, 11) is -1.87. The number of amides is 1. The number of nitrogens with zero attached hydrogens (tertiary/aromatic N) is 2. The second-order valence-electron chi connectivity index (χ2n) is 6.96. The predicted molar refractivity (Wildman–Crippen MR) is 98.4 cm³/mol. The van der Waals surface area contributed by atoms with Crippen LogP contribution in [0.5, 0.6) is 0 Å². The van der Waals surface area contributed by atoms with Crippen LogP contribution in [0.15, 0.2) is 23.1 Å². The second-order valence-corrected chi connectivity index (χ2v) is 9.28. The lowest BCUT2D eigenvalue weighted by atomic mass is 10.1. The molecule has 1 heterocycles. The van der Waals surface area contributed by atoms with Gasteiger partial charge in [-0.05, 0) is 43.9 Å². The van der Waals surface area contributed by atoms with Crippen LogP contribution < -0.4 is 0 Å². The highest BCUT2D eigenvalue weighted by Crippen LogP contribution is 2.29. The van der Waals surface area contributed by atoms with E-state index in [0.717, 1.165) is 44.9 Å². The van der Waals surface area contributed by atoms with E-state index < -0.39 is 10.0 Å². The minimum absolute atomic E-state index is 0.0433. The van der Waals surface area contributed by atoms with Gasteiger partial charge in [0.25, 0.3) is 5.91 Å². The third kappa shape index (κ3) is 3.86. The number of rotatable bonds is 4. The van der Waals surface area contributed by atoms with Crippen LogP contribution in [0.1, 0.15) is 55.3 Å². The van der Waals surface area contributed by atoms with Gasteiger partial charge in [-0.3, -0.25) is 4.79 Å². The van der Waals surface area contributed by atoms with Crippen molar-refractivity contribution in [3.8, 4) is 0 Å². The normalized spacial score (nSPS) is 19.9. The molecule has 0 radical (unpaired) electrons. The van der Waals surface area contributed by atoms with Crippen molar-refractivity contribution in [2.24, 2.45) is 0 Å². The highest BCUT2D eigenvalue weighted by Gasteiger charge is 2.30. The summed E-state index contributed by atoms with van der Waals surface area (Å²) < 4.78 is 27.3. The van der Waals surface area contributed by atoms with E-state index in [2.05, 4.69) is 0 Å². The van der Waals surface area contributed by atoms with Crippen LogP contribution in [0, 0.1) is 0 Å². The van der Waals surface area contributed by atoms with Crippen LogP contribution in [0.2, 0.25) is 5.02 Å². The van der Waals surface area contributed by atoms with Gasteiger partial charge in [0.1, 0.15) is 4.90 Å². The van der Waals surface area contributed by atoms with E-state index in [1.165, 1.54) is 16.4 Å². The molecule has 2 aliphatic rings. The molecule has 0 bridgehead atoms. The van der Waals surface area contributed by atoms with Gasteiger partial charge in [-0.15, -0.1) is 0 Å². The number of sulfonamides is 1. The van der Waals surface area contributed by atoms with Crippen LogP contribution >= 0.6 is 11.6 Å². The van der Waals surface area contributed by atoms with Gasteiger partial charge in [0.2, 0.25) is 10.0 Å². The molecule has 0 atom stereocenters. The van der Waals surface area contributed by atoms with Crippen LogP contribution in [0.4, 0.5) is 0 Å². The van der Waals surface area contributed by atoms with Crippen LogP contribution in [0.25, 0.3) is 0 Å². The largest absolute Gasteiger partial charge is 0.339 e. The van der Waals surface area contributed by atoms with Crippen molar-refractivity contribution in [2.45, 2.75) is 55.9 Å². The molecule has 138 valence electrons. The topological polar surface area (TPSA) is 57.7 Å². The summed E-state index contributed by atoms with van der Waals surface area (Å²) in [6.45, 7) is 1.03. The van der Waals surface area contributed by atoms with E-state index in [0.29, 0.717) is 18.7 Å². The quantitative estimate of drug-likeness (QED) is 0.797. The summed E-state index contributed by atoms with van der Waals surface area (Å²) in [5.74, 6) is -0.140. The second kappa shape index (κ2) is 7.64. The van der Waals surface area contributed by atoms with Crippen molar-refractivity contribution in [1.82, 2.24) is 9.21 Å². The Morgan fingerprint density at radius 1 is 1.12 bits per heavy atom. The highest BCUT2D eigenvalue weighted by molar-refractivity contribution is 7.89. The molecule has 1 aromatic carbocycles. The molecule has 25 heavy (non-hydrogen) atoms. The average Bonchev–Trinajstić information content (AvgIpc) is 3.16. The smallest absolute Gasteiger partial charge is 0.253 e. The SMILES string of the molecule is CN(C(=O)c1ccc(Cl)c(S(=O)(=O)N2CCCCC2)c1)C1CCCC1. The molecule has 1 amide bonds. The summed E-state index contributed by atoms with van der Waals surface area (Å²) in [5, 5.41) is 0.172. The molecular weight excluding hydrogens is 360 g/mol. The number of benzene rings is 1. The van der Waals surface area contributed by atoms with Gasteiger partial charge in [0.05, 0.1) is 5.02 Å². The Kier molecular flexibility index (Phi) is 5.71. The summed E-state index contributed by atoms with van der Waals surface area (Å²) in [6, 6.07) is 4.82. The van der Waals surface area contributed by atoms with E-state index in [4.69, 9.17) is 11.6 Å². The lowest BCUT2D eigenvalue weighted by Gasteiger charge is -2.27. The fourth-order valence-electron chi connectivity index (χ4n) is 3.74. The van der Waals surface area contributed by atoms with Crippen molar-refractivity contribution >= 4 is 27.5 Å². The van der Waals surface area contributed by atoms with Crippen molar-refractivity contribution in [3.63, 3.8) is 0 Å². The molecule has 1 aliphatic heterocycles. The fraction of sp³-hybridized carbons (Fsp3) is 0.611. The first-order valence-electron chi connectivity index (χ1n) is 8.98. The monoisotopic (exact) mass is 384 g/mol. The van der Waals surface area contributed by atoms with Crippen molar-refractivity contribution < 1.29 is 13.2 Å². The molecule has 0 aromatic heterocycles. The zero-order valence-electron chi connectivity index (χ0n) is 14.6. The first-order valence-corrected chi connectivity index (χ1v) is 10.8. The highest BCUT2D eigenvalue weighted by atomic mass is 35.5. The van der Waals surface area contributed by atoms with Crippen molar-refractivity contribution in [1.29, 1.82) is 0 Å². The fourth-order valence-corrected chi connectivity index (χ4v) is 5.76. The Hall–Kier alpha value is -1.11. The Labute approximate surface area is 155 Å². The predicted octanol–water partition coefficient (Wildman–Crippen LogP) is 3.53. The zero-order chi connectivity index (χ0) is 18.0. The number of piperidine rings is 1. The first-order chi connectivity index (χ1) is 11.9. The maximum atomic E-state index is 12.9. The maximum absolute atomic E-state index is 12.9. The van der Waals surface area contributed by atoms with Crippen LogP contribution in [-0.4, -0.2) is 49.7 Å². The molecule has 1 saturated heterocycles. The number of carbonyl (C=O) groups excluding carboxylic acids is 1. The van der Waals surface area contributed by atoms with Gasteiger partial charge in [-0.1, -0.05) is 30.9 Å². The Morgan fingerprint density at radius 3 is 2.40 bits per heavy atom. The van der Waals surface area contributed by atoms with E-state index in [1.54, 1.807) is 18.0 Å². The Bertz CT molecular complexity index is 739. The summed E-state index contributed by atoms with van der Waals surface area (Å²) >= 11 is 6.18. The summed E-state index contributed by atoms with van der Waals surface area (Å²) in [6.07, 6.45) is 7.06. The molecule has 0 spiro atoms. The van der Waals surface area contributed by atoms with E-state index in [9.17, 15) is 13.2 Å². The lowest BCUT2D eigenvalue weighted by Crippen LogP contribution is -2.37. The molecular formula is C18H25ClN2O3S. The molecule has 1 saturated carbocycles. The number of carbonyl (C=O) groups is 1. The molecule has 7 heteroatoms. The van der Waals surface area contributed by atoms with Gasteiger partial charge < -0.3 is 4.90 Å². The minimum atomic E-state index is -3.66. The van der Waals surface area contributed by atoms with E-state index >= 15 is 0 Å². The minimum Gasteiger partial charge on any atom is -0.339 e. The molecule has 1 aromatic rings. The molecule has 2 fully saturated rings. The van der Waals surface area contributed by atoms with E-state index in [-0.39, 0.29) is 21.9 Å². The summed E-state index contributed by atoms with van der Waals surface area (Å²) in [5.41, 5.74) is 0.384. The number of hydrogen-bond donors (Lipinski definition) is 0. The molecule has 5 nitrogen and oxygen atoms in total. The standard InChI is InChI=1S/C18H25ClN2O3S/c1-20(15-7-3-4-8-15)18(22)14-9-10-16(19)17(13-14)25(23,24)21-11-5-2-6-12-21/h9-10,13,15H,2-8,11-12H2,1H3. The zero-order valence-corrected chi connectivity index (χ0v) is 16.2. The van der Waals surface area contributed by atoms with Gasteiger partial charge in [0.15, 0.2) is 0 Å². The summed E-state index contributed by atoms with van der Waals surface area (Å²) in [4.78, 5) is 14.6. The molecule has 0 unspecified atom stereocenters. The number of halogens is 1. The van der Waals surface area contributed by atoms with Crippen LogP contribution in [-0.2, 0) is 10.0 Å². The third-order valence-corrected chi connectivity index (χ3v) is 7.68. The van der Waals surface area contributed by atoms with Gasteiger partial charge in [-0.25, -0.2) is 8.42 Å². The Balaban J connectivity index is 1.88. The van der Waals surface area contributed by atoms with Gasteiger partial charge in [0, 0.05) is 31.7 Å². The van der Waals surface area contributed by atoms with Crippen molar-refractivity contribution in [3.05, 3.63) is 28.8 Å². The first kappa shape index (κ1) is 18.7. The van der Waals surface area contributed by atoms with Crippen LogP contribution in [0.3, 0.4) is 0 Å². The Morgan fingerprint density at radius 2 is 1.76 bits per heavy atom. The number of hydrogen-bond acceptors (Lipinski definition) is 3. The van der Waals surface area contributed by atoms with Crippen molar-refractivity contribution in [2.75, 3.05) is 20.1 Å². The van der Waals surface area contributed by atoms with Gasteiger partial charge >= 0.3 is 0 Å². The average molecular weight is 385 g/mol. The van der Waals surface area contributed by atoms with Gasteiger partial charge in [-0.2, -0.15) is 4.31 Å². The molecule has 3 rings (SSSR count). The lowest BCUT2D eigenvalue weighted by molar-refractivity contribution is 0.0735.